The summed E-state index contributed by atoms with van der Waals surface area (Å²) in [4.78, 5) is 21.1. The Hall–Kier alpha value is -3.25. The van der Waals surface area contributed by atoms with Gasteiger partial charge in [0, 0.05) is 18.1 Å². The minimum atomic E-state index is -1.02. The lowest BCUT2D eigenvalue weighted by Gasteiger charge is -2.08. The molecule has 0 bridgehead atoms. The summed E-state index contributed by atoms with van der Waals surface area (Å²) in [5, 5.41) is 9.93. The third-order valence-electron chi connectivity index (χ3n) is 5.17. The van der Waals surface area contributed by atoms with E-state index in [9.17, 15) is 9.90 Å². The number of aliphatic carboxylic acids is 1. The van der Waals surface area contributed by atoms with Crippen LogP contribution in [0.2, 0.25) is 5.02 Å². The Balaban J connectivity index is 0.000000543. The number of hydrogen-bond acceptors (Lipinski definition) is 4. The van der Waals surface area contributed by atoms with Gasteiger partial charge in [-0.15, -0.1) is 6.58 Å². The maximum atomic E-state index is 11.4. The Morgan fingerprint density at radius 1 is 1.28 bits per heavy atom. The van der Waals surface area contributed by atoms with E-state index in [-0.39, 0.29) is 11.6 Å². The zero-order valence-corrected chi connectivity index (χ0v) is 22.9. The molecule has 0 unspecified atom stereocenters. The molecule has 2 heterocycles. The molecule has 1 fully saturated rings. The predicted octanol–water partition coefficient (Wildman–Crippen LogP) is 7.85. The molecule has 36 heavy (non-hydrogen) atoms. The van der Waals surface area contributed by atoms with E-state index >= 15 is 0 Å². The molecule has 3 rings (SSSR count). The average Bonchev–Trinajstić information content (AvgIpc) is 3.52. The number of likely N-dealkylation sites (tertiary alicyclic amines) is 1. The lowest BCUT2D eigenvalue weighted by atomic mass is 10.1. The molecule has 2 N–H and O–H groups in total. The predicted molar refractivity (Wildman–Crippen MR) is 152 cm³/mol. The summed E-state index contributed by atoms with van der Waals surface area (Å²) in [5.74, 6) is -1.02. The van der Waals surface area contributed by atoms with Crippen LogP contribution in [0.4, 0.5) is 0 Å². The Bertz CT molecular complexity index is 1090. The van der Waals surface area contributed by atoms with Crippen molar-refractivity contribution in [2.24, 2.45) is 0 Å². The van der Waals surface area contributed by atoms with Crippen LogP contribution in [0.15, 0.2) is 72.7 Å². The van der Waals surface area contributed by atoms with Crippen LogP contribution in [-0.2, 0) is 11.2 Å². The number of nitrogens with one attached hydrogen (secondary N) is 1. The number of aromatic amines is 1. The first kappa shape index (κ1) is 30.8. The molecule has 2 aromatic rings. The number of carboxylic acid groups (broad SMARTS) is 1. The number of nitrogens with zero attached hydrogens (tertiary/aromatic N) is 2. The summed E-state index contributed by atoms with van der Waals surface area (Å²) in [6.07, 6.45) is 16.7. The Kier molecular flexibility index (Phi) is 14.7. The molecule has 1 saturated heterocycles. The number of carboxylic acids is 1. The molecule has 6 nitrogen and oxygen atoms in total. The number of allylic oxidation sites excluding steroid dienone is 5. The summed E-state index contributed by atoms with van der Waals surface area (Å²) >= 11 is 6.21. The second-order valence-electron chi connectivity index (χ2n) is 7.85. The zero-order chi connectivity index (χ0) is 26.9. The van der Waals surface area contributed by atoms with E-state index in [1.165, 1.54) is 38.3 Å². The number of H-pyrrole nitrogens is 1. The molecule has 0 amide bonds. The van der Waals surface area contributed by atoms with Crippen molar-refractivity contribution in [3.63, 3.8) is 0 Å². The average molecular weight is 514 g/mol. The van der Waals surface area contributed by atoms with E-state index in [0.717, 1.165) is 17.5 Å². The Labute approximate surface area is 220 Å². The second-order valence-corrected chi connectivity index (χ2v) is 8.26. The molecule has 0 spiro atoms. The smallest absolute Gasteiger partial charge is 0.336 e. The van der Waals surface area contributed by atoms with Gasteiger partial charge in [0.05, 0.1) is 22.9 Å². The second kappa shape index (κ2) is 17.2. The third-order valence-corrected chi connectivity index (χ3v) is 5.52. The molecular weight excluding hydrogens is 474 g/mol. The van der Waals surface area contributed by atoms with Gasteiger partial charge in [-0.25, -0.2) is 4.79 Å². The number of benzene rings is 1. The van der Waals surface area contributed by atoms with Crippen LogP contribution in [0.5, 0.6) is 6.01 Å². The molecule has 0 aliphatic carbocycles. The van der Waals surface area contributed by atoms with Crippen LogP contribution in [0.1, 0.15) is 59.4 Å². The van der Waals surface area contributed by atoms with Gasteiger partial charge in [0.2, 0.25) is 0 Å². The van der Waals surface area contributed by atoms with Crippen molar-refractivity contribution in [2.75, 3.05) is 13.1 Å². The van der Waals surface area contributed by atoms with E-state index < -0.39 is 5.97 Å². The number of halogens is 1. The van der Waals surface area contributed by atoms with Crippen molar-refractivity contribution in [1.82, 2.24) is 14.9 Å². The van der Waals surface area contributed by atoms with Crippen LogP contribution in [0, 0.1) is 0 Å². The fourth-order valence-electron chi connectivity index (χ4n) is 3.44. The minimum absolute atomic E-state index is 0.155. The molecule has 0 radical (unpaired) electrons. The maximum Gasteiger partial charge on any atom is 0.336 e. The highest BCUT2D eigenvalue weighted by atomic mass is 35.5. The highest BCUT2D eigenvalue weighted by Gasteiger charge is 2.09. The van der Waals surface area contributed by atoms with Crippen molar-refractivity contribution in [3.05, 3.63) is 83.3 Å². The van der Waals surface area contributed by atoms with E-state index in [1.807, 2.05) is 32.9 Å². The summed E-state index contributed by atoms with van der Waals surface area (Å²) < 4.78 is 5.43. The summed E-state index contributed by atoms with van der Waals surface area (Å²) in [6, 6.07) is 3.91. The molecule has 0 atom stereocenters. The lowest BCUT2D eigenvalue weighted by Crippen LogP contribution is -2.09. The quantitative estimate of drug-likeness (QED) is 0.154. The molecule has 0 saturated carbocycles. The van der Waals surface area contributed by atoms with E-state index in [4.69, 9.17) is 16.3 Å². The zero-order valence-electron chi connectivity index (χ0n) is 22.2. The van der Waals surface area contributed by atoms with Crippen LogP contribution in [0.3, 0.4) is 0 Å². The SMILES string of the molecule is C/C=C/N1CCCC1.C=CCc1cc2[nH]c(O/C=C/C(C(=O)O)=C(C)\C=C/CC)nc2cc1Cl.CC. The molecule has 1 aliphatic heterocycles. The van der Waals surface area contributed by atoms with Gasteiger partial charge >= 0.3 is 5.97 Å². The van der Waals surface area contributed by atoms with Gasteiger partial charge in [-0.2, -0.15) is 4.98 Å². The van der Waals surface area contributed by atoms with Crippen LogP contribution >= 0.6 is 11.6 Å². The van der Waals surface area contributed by atoms with Gasteiger partial charge in [0.15, 0.2) is 0 Å². The largest absolute Gasteiger partial charge is 0.478 e. The first-order valence-electron chi connectivity index (χ1n) is 12.5. The first-order valence-corrected chi connectivity index (χ1v) is 12.9. The van der Waals surface area contributed by atoms with E-state index in [2.05, 4.69) is 40.6 Å². The summed E-state index contributed by atoms with van der Waals surface area (Å²) in [5.41, 5.74) is 3.19. The van der Waals surface area contributed by atoms with Crippen LogP contribution in [-0.4, -0.2) is 39.0 Å². The van der Waals surface area contributed by atoms with E-state index in [0.29, 0.717) is 22.5 Å². The van der Waals surface area contributed by atoms with Gasteiger partial charge in [0.1, 0.15) is 0 Å². The number of imidazole rings is 1. The number of rotatable bonds is 9. The monoisotopic (exact) mass is 513 g/mol. The first-order chi connectivity index (χ1) is 17.4. The topological polar surface area (TPSA) is 78.5 Å². The fraction of sp³-hybridized carbons (Fsp3) is 0.379. The lowest BCUT2D eigenvalue weighted by molar-refractivity contribution is -0.132. The number of ether oxygens (including phenoxy) is 1. The Morgan fingerprint density at radius 3 is 2.56 bits per heavy atom. The third kappa shape index (κ3) is 10.2. The highest BCUT2D eigenvalue weighted by molar-refractivity contribution is 6.32. The van der Waals surface area contributed by atoms with Gasteiger partial charge < -0.3 is 19.7 Å². The van der Waals surface area contributed by atoms with Gasteiger partial charge in [-0.05, 0) is 75.1 Å². The number of fused-ring (bicyclic) bond motifs is 1. The standard InChI is InChI=1S/C20H21ClN2O3.C7H13N.C2H6/c1-4-6-8-13(3)15(19(24)25)9-10-26-20-22-17-11-14(7-5-2)16(21)12-18(17)23-20;1-2-5-8-6-3-4-7-8;1-2/h5-6,8-12H,2,4,7H2,1,3H3,(H,22,23)(H,24,25);2,5H,3-4,6-7H2,1H3;1-2H3/b8-6-,10-9+,15-13+;5-2+;. The highest BCUT2D eigenvalue weighted by Crippen LogP contribution is 2.25. The molecular formula is C29H40ClN3O3. The maximum absolute atomic E-state index is 11.4. The van der Waals surface area contributed by atoms with E-state index in [1.54, 1.807) is 25.1 Å². The molecule has 1 aliphatic rings. The van der Waals surface area contributed by atoms with Crippen LogP contribution in [0.25, 0.3) is 11.0 Å². The van der Waals surface area contributed by atoms with Crippen molar-refractivity contribution in [2.45, 2.75) is 60.3 Å². The fourth-order valence-corrected chi connectivity index (χ4v) is 3.68. The summed E-state index contributed by atoms with van der Waals surface area (Å²) in [6.45, 7) is 16.0. The molecule has 1 aromatic carbocycles. The summed E-state index contributed by atoms with van der Waals surface area (Å²) in [7, 11) is 0. The van der Waals surface area contributed by atoms with Crippen molar-refractivity contribution in [1.29, 1.82) is 0 Å². The van der Waals surface area contributed by atoms with Crippen molar-refractivity contribution in [3.8, 4) is 6.01 Å². The van der Waals surface area contributed by atoms with Gasteiger partial charge in [0.25, 0.3) is 6.01 Å². The normalized spacial score (nSPS) is 14.0. The number of aromatic nitrogens is 2. The van der Waals surface area contributed by atoms with Gasteiger partial charge in [-0.3, -0.25) is 0 Å². The Morgan fingerprint density at radius 2 is 1.97 bits per heavy atom. The number of hydrogen-bond donors (Lipinski definition) is 2. The number of carbonyl (C=O) groups is 1. The molecule has 196 valence electrons. The van der Waals surface area contributed by atoms with Crippen molar-refractivity contribution >= 4 is 28.6 Å². The van der Waals surface area contributed by atoms with Crippen LogP contribution < -0.4 is 4.74 Å². The molecule has 1 aromatic heterocycles. The molecule has 7 heteroatoms. The minimum Gasteiger partial charge on any atom is -0.478 e. The van der Waals surface area contributed by atoms with Gasteiger partial charge in [-0.1, -0.05) is 56.7 Å². The van der Waals surface area contributed by atoms with Crippen molar-refractivity contribution < 1.29 is 14.6 Å².